The summed E-state index contributed by atoms with van der Waals surface area (Å²) in [5.41, 5.74) is 2.28. The van der Waals surface area contributed by atoms with Gasteiger partial charge in [-0.1, -0.05) is 42.5 Å². The normalized spacial score (nSPS) is 19.6. The third-order valence-corrected chi connectivity index (χ3v) is 3.93. The first-order valence-corrected chi connectivity index (χ1v) is 7.44. The van der Waals surface area contributed by atoms with Gasteiger partial charge in [-0.2, -0.15) is 0 Å². The molecule has 0 saturated carbocycles. The number of halogens is 1. The van der Waals surface area contributed by atoms with Crippen LogP contribution in [0.1, 0.15) is 17.2 Å². The summed E-state index contributed by atoms with van der Waals surface area (Å²) in [7, 11) is 0. The van der Waals surface area contributed by atoms with E-state index in [-0.39, 0.29) is 11.9 Å². The van der Waals surface area contributed by atoms with E-state index in [9.17, 15) is 4.39 Å². The fraction of sp³-hybridized carbons (Fsp3) is 0.333. The Labute approximate surface area is 125 Å². The SMILES string of the molecule is Fc1cccc([C@H]2CN(CCc3ccccc3)CCO2)c1. The molecule has 0 N–H and O–H groups in total. The molecule has 2 aromatic rings. The van der Waals surface area contributed by atoms with E-state index in [1.54, 1.807) is 12.1 Å². The van der Waals surface area contributed by atoms with E-state index in [2.05, 4.69) is 29.2 Å². The van der Waals surface area contributed by atoms with Gasteiger partial charge in [-0.25, -0.2) is 4.39 Å². The number of morpholine rings is 1. The van der Waals surface area contributed by atoms with E-state index in [0.717, 1.165) is 31.6 Å². The molecule has 1 aliphatic heterocycles. The molecule has 0 bridgehead atoms. The molecule has 0 unspecified atom stereocenters. The molecular weight excluding hydrogens is 265 g/mol. The fourth-order valence-corrected chi connectivity index (χ4v) is 2.75. The Kier molecular flexibility index (Phi) is 4.63. The summed E-state index contributed by atoms with van der Waals surface area (Å²) < 4.78 is 19.1. The molecule has 21 heavy (non-hydrogen) atoms. The minimum Gasteiger partial charge on any atom is -0.371 e. The second-order valence-corrected chi connectivity index (χ2v) is 5.45. The van der Waals surface area contributed by atoms with Gasteiger partial charge in [0.25, 0.3) is 0 Å². The lowest BCUT2D eigenvalue weighted by Crippen LogP contribution is -2.39. The van der Waals surface area contributed by atoms with Crippen LogP contribution >= 0.6 is 0 Å². The number of nitrogens with zero attached hydrogens (tertiary/aromatic N) is 1. The number of rotatable bonds is 4. The predicted octanol–water partition coefficient (Wildman–Crippen LogP) is 3.44. The van der Waals surface area contributed by atoms with Crippen LogP contribution in [0.15, 0.2) is 54.6 Å². The summed E-state index contributed by atoms with van der Waals surface area (Å²) in [6.45, 7) is 3.49. The Bertz CT molecular complexity index is 572. The molecule has 0 spiro atoms. The van der Waals surface area contributed by atoms with Gasteiger partial charge in [-0.05, 0) is 29.7 Å². The quantitative estimate of drug-likeness (QED) is 0.853. The molecule has 2 nitrogen and oxygen atoms in total. The highest BCUT2D eigenvalue weighted by Gasteiger charge is 2.21. The summed E-state index contributed by atoms with van der Waals surface area (Å²) in [6, 6.07) is 17.2. The third kappa shape index (κ3) is 3.90. The van der Waals surface area contributed by atoms with E-state index >= 15 is 0 Å². The van der Waals surface area contributed by atoms with Gasteiger partial charge in [0.05, 0.1) is 12.7 Å². The zero-order valence-electron chi connectivity index (χ0n) is 12.0. The first kappa shape index (κ1) is 14.2. The highest BCUT2D eigenvalue weighted by molar-refractivity contribution is 5.20. The summed E-state index contributed by atoms with van der Waals surface area (Å²) in [4.78, 5) is 2.39. The molecule has 1 fully saturated rings. The first-order chi connectivity index (χ1) is 10.3. The van der Waals surface area contributed by atoms with Gasteiger partial charge in [-0.15, -0.1) is 0 Å². The van der Waals surface area contributed by atoms with Crippen molar-refractivity contribution >= 4 is 0 Å². The minimum absolute atomic E-state index is 0.0229. The zero-order valence-corrected chi connectivity index (χ0v) is 12.0. The molecular formula is C18H20FNO. The Balaban J connectivity index is 1.58. The lowest BCUT2D eigenvalue weighted by molar-refractivity contribution is -0.0296. The monoisotopic (exact) mass is 285 g/mol. The van der Waals surface area contributed by atoms with Gasteiger partial charge in [-0.3, -0.25) is 4.90 Å². The van der Waals surface area contributed by atoms with Gasteiger partial charge in [0.1, 0.15) is 5.82 Å². The average Bonchev–Trinajstić information content (AvgIpc) is 2.54. The van der Waals surface area contributed by atoms with Crippen molar-refractivity contribution in [3.8, 4) is 0 Å². The molecule has 110 valence electrons. The van der Waals surface area contributed by atoms with Crippen molar-refractivity contribution in [1.82, 2.24) is 4.90 Å². The van der Waals surface area contributed by atoms with Gasteiger partial charge >= 0.3 is 0 Å². The van der Waals surface area contributed by atoms with Crippen molar-refractivity contribution < 1.29 is 9.13 Å². The van der Waals surface area contributed by atoms with E-state index in [1.807, 2.05) is 12.1 Å². The van der Waals surface area contributed by atoms with Crippen LogP contribution in [0.2, 0.25) is 0 Å². The molecule has 3 rings (SSSR count). The maximum absolute atomic E-state index is 13.3. The predicted molar refractivity (Wildman–Crippen MR) is 81.7 cm³/mol. The Morgan fingerprint density at radius 3 is 2.76 bits per heavy atom. The van der Waals surface area contributed by atoms with E-state index in [0.29, 0.717) is 6.61 Å². The summed E-state index contributed by atoms with van der Waals surface area (Å²) in [5, 5.41) is 0. The van der Waals surface area contributed by atoms with Crippen LogP contribution in [-0.4, -0.2) is 31.1 Å². The molecule has 0 amide bonds. The third-order valence-electron chi connectivity index (χ3n) is 3.93. The zero-order chi connectivity index (χ0) is 14.5. The Hall–Kier alpha value is -1.71. The summed E-state index contributed by atoms with van der Waals surface area (Å²) in [6.07, 6.45) is 1.02. The second-order valence-electron chi connectivity index (χ2n) is 5.45. The van der Waals surface area contributed by atoms with Gasteiger partial charge in [0.15, 0.2) is 0 Å². The van der Waals surface area contributed by atoms with Gasteiger partial charge in [0.2, 0.25) is 0 Å². The highest BCUT2D eigenvalue weighted by Crippen LogP contribution is 2.22. The smallest absolute Gasteiger partial charge is 0.123 e. The number of hydrogen-bond acceptors (Lipinski definition) is 2. The largest absolute Gasteiger partial charge is 0.371 e. The average molecular weight is 285 g/mol. The van der Waals surface area contributed by atoms with E-state index in [4.69, 9.17) is 4.74 Å². The van der Waals surface area contributed by atoms with E-state index < -0.39 is 0 Å². The molecule has 0 aliphatic carbocycles. The second kappa shape index (κ2) is 6.83. The molecule has 0 aromatic heterocycles. The first-order valence-electron chi connectivity index (χ1n) is 7.44. The summed E-state index contributed by atoms with van der Waals surface area (Å²) >= 11 is 0. The molecule has 0 radical (unpaired) electrons. The van der Waals surface area contributed by atoms with Crippen molar-refractivity contribution in [3.05, 3.63) is 71.5 Å². The lowest BCUT2D eigenvalue weighted by atomic mass is 10.1. The maximum atomic E-state index is 13.3. The van der Waals surface area contributed by atoms with Crippen molar-refractivity contribution in [1.29, 1.82) is 0 Å². The molecule has 1 saturated heterocycles. The van der Waals surface area contributed by atoms with Gasteiger partial charge < -0.3 is 4.74 Å². The van der Waals surface area contributed by atoms with Crippen LogP contribution in [0.25, 0.3) is 0 Å². The van der Waals surface area contributed by atoms with Crippen molar-refractivity contribution in [2.45, 2.75) is 12.5 Å². The van der Waals surface area contributed by atoms with E-state index in [1.165, 1.54) is 11.6 Å². The maximum Gasteiger partial charge on any atom is 0.123 e. The van der Waals surface area contributed by atoms with Gasteiger partial charge in [0, 0.05) is 19.6 Å². The van der Waals surface area contributed by atoms with Crippen molar-refractivity contribution in [2.75, 3.05) is 26.2 Å². The number of hydrogen-bond donors (Lipinski definition) is 0. The topological polar surface area (TPSA) is 12.5 Å². The molecule has 1 heterocycles. The number of benzene rings is 2. The van der Waals surface area contributed by atoms with Crippen LogP contribution in [0.3, 0.4) is 0 Å². The van der Waals surface area contributed by atoms with Crippen LogP contribution in [-0.2, 0) is 11.2 Å². The molecule has 1 atom stereocenters. The van der Waals surface area contributed by atoms with Crippen LogP contribution in [0.4, 0.5) is 4.39 Å². The molecule has 3 heteroatoms. The Morgan fingerprint density at radius 2 is 1.95 bits per heavy atom. The minimum atomic E-state index is -0.197. The van der Waals surface area contributed by atoms with Crippen molar-refractivity contribution in [2.24, 2.45) is 0 Å². The lowest BCUT2D eigenvalue weighted by Gasteiger charge is -2.33. The van der Waals surface area contributed by atoms with Crippen LogP contribution < -0.4 is 0 Å². The van der Waals surface area contributed by atoms with Crippen LogP contribution in [0.5, 0.6) is 0 Å². The standard InChI is InChI=1S/C18H20FNO/c19-17-8-4-7-16(13-17)18-14-20(11-12-21-18)10-9-15-5-2-1-3-6-15/h1-8,13,18H,9-12,14H2/t18-/m1/s1. The summed E-state index contributed by atoms with van der Waals surface area (Å²) in [5.74, 6) is -0.197. The molecule has 2 aromatic carbocycles. The fourth-order valence-electron chi connectivity index (χ4n) is 2.75. The highest BCUT2D eigenvalue weighted by atomic mass is 19.1. The molecule has 1 aliphatic rings. The Morgan fingerprint density at radius 1 is 1.10 bits per heavy atom. The van der Waals surface area contributed by atoms with Crippen LogP contribution in [0, 0.1) is 5.82 Å². The van der Waals surface area contributed by atoms with Crippen molar-refractivity contribution in [3.63, 3.8) is 0 Å². The number of ether oxygens (including phenoxy) is 1.